The van der Waals surface area contributed by atoms with Crippen LogP contribution in [0.5, 0.6) is 11.6 Å². The Bertz CT molecular complexity index is 752. The molecule has 20 heavy (non-hydrogen) atoms. The van der Waals surface area contributed by atoms with E-state index < -0.39 is 0 Å². The van der Waals surface area contributed by atoms with Crippen LogP contribution in [-0.2, 0) is 0 Å². The van der Waals surface area contributed by atoms with Gasteiger partial charge in [0.15, 0.2) is 0 Å². The molecule has 0 spiro atoms. The van der Waals surface area contributed by atoms with Gasteiger partial charge in [0.25, 0.3) is 0 Å². The average molecular weight is 332 g/mol. The summed E-state index contributed by atoms with van der Waals surface area (Å²) in [6, 6.07) is 9.71. The van der Waals surface area contributed by atoms with Crippen LogP contribution in [0.15, 0.2) is 47.2 Å². The van der Waals surface area contributed by atoms with Gasteiger partial charge in [-0.25, -0.2) is 9.50 Å². The van der Waals surface area contributed by atoms with Gasteiger partial charge in [-0.05, 0) is 30.2 Å². The maximum Gasteiger partial charge on any atom is 0.245 e. The van der Waals surface area contributed by atoms with Gasteiger partial charge in [-0.15, -0.1) is 0 Å². The van der Waals surface area contributed by atoms with E-state index in [1.54, 1.807) is 10.7 Å². The van der Waals surface area contributed by atoms with E-state index in [-0.39, 0.29) is 0 Å². The highest BCUT2D eigenvalue weighted by molar-refractivity contribution is 9.10. The summed E-state index contributed by atoms with van der Waals surface area (Å²) in [5.74, 6) is 1.67. The molecular formula is C15H14BrN3O. The van der Waals surface area contributed by atoms with E-state index in [1.807, 2.05) is 36.5 Å². The van der Waals surface area contributed by atoms with E-state index >= 15 is 0 Å². The lowest BCUT2D eigenvalue weighted by atomic mass is 10.1. The molecule has 2 heterocycles. The molecule has 0 saturated carbocycles. The van der Waals surface area contributed by atoms with Gasteiger partial charge in [0.2, 0.25) is 5.88 Å². The van der Waals surface area contributed by atoms with Crippen LogP contribution < -0.4 is 4.74 Å². The van der Waals surface area contributed by atoms with Crippen LogP contribution in [0.4, 0.5) is 0 Å². The molecule has 0 N–H and O–H groups in total. The molecule has 4 nitrogen and oxygen atoms in total. The minimum atomic E-state index is 0.369. The van der Waals surface area contributed by atoms with Crippen molar-refractivity contribution in [2.45, 2.75) is 19.8 Å². The Hall–Kier alpha value is -1.88. The first-order chi connectivity index (χ1) is 9.63. The number of rotatable bonds is 3. The zero-order chi connectivity index (χ0) is 14.1. The smallest absolute Gasteiger partial charge is 0.245 e. The summed E-state index contributed by atoms with van der Waals surface area (Å²) >= 11 is 3.43. The molecule has 2 aromatic heterocycles. The topological polar surface area (TPSA) is 39.4 Å². The molecule has 102 valence electrons. The Morgan fingerprint density at radius 3 is 2.85 bits per heavy atom. The van der Waals surface area contributed by atoms with Crippen LogP contribution >= 0.6 is 15.9 Å². The first-order valence-corrected chi connectivity index (χ1v) is 7.20. The van der Waals surface area contributed by atoms with Gasteiger partial charge in [0.1, 0.15) is 11.3 Å². The third-order valence-corrected chi connectivity index (χ3v) is 3.47. The van der Waals surface area contributed by atoms with Crippen molar-refractivity contribution in [3.63, 3.8) is 0 Å². The highest BCUT2D eigenvalue weighted by Gasteiger charge is 2.11. The molecule has 0 aliphatic rings. The summed E-state index contributed by atoms with van der Waals surface area (Å²) in [4.78, 5) is 4.31. The van der Waals surface area contributed by atoms with Crippen molar-refractivity contribution in [1.29, 1.82) is 0 Å². The van der Waals surface area contributed by atoms with Crippen LogP contribution in [0.3, 0.4) is 0 Å². The number of halogens is 1. The summed E-state index contributed by atoms with van der Waals surface area (Å²) in [6.45, 7) is 4.23. The summed E-state index contributed by atoms with van der Waals surface area (Å²) in [5, 5.41) is 4.52. The predicted octanol–water partition coefficient (Wildman–Crippen LogP) is 4.41. The van der Waals surface area contributed by atoms with Crippen molar-refractivity contribution < 1.29 is 4.74 Å². The van der Waals surface area contributed by atoms with Crippen molar-refractivity contribution in [3.05, 3.63) is 52.9 Å². The second-order valence-electron chi connectivity index (χ2n) is 4.85. The third-order valence-electron chi connectivity index (χ3n) is 2.98. The maximum absolute atomic E-state index is 5.86. The fourth-order valence-electron chi connectivity index (χ4n) is 1.92. The summed E-state index contributed by atoms with van der Waals surface area (Å²) < 4.78 is 8.64. The largest absolute Gasteiger partial charge is 0.437 e. The van der Waals surface area contributed by atoms with Gasteiger partial charge in [0, 0.05) is 16.9 Å². The van der Waals surface area contributed by atoms with Crippen molar-refractivity contribution >= 4 is 21.4 Å². The number of nitrogens with zero attached hydrogens (tertiary/aromatic N) is 3. The third kappa shape index (κ3) is 2.54. The van der Waals surface area contributed by atoms with E-state index in [9.17, 15) is 0 Å². The minimum Gasteiger partial charge on any atom is -0.437 e. The molecular weight excluding hydrogens is 318 g/mol. The first-order valence-electron chi connectivity index (χ1n) is 6.41. The van der Waals surface area contributed by atoms with E-state index in [2.05, 4.69) is 39.9 Å². The SMILES string of the molecule is CC(C)c1cc2c(Oc3cccc(Br)c3)nccn2n1. The number of hydrogen-bond donors (Lipinski definition) is 0. The zero-order valence-electron chi connectivity index (χ0n) is 11.2. The van der Waals surface area contributed by atoms with Crippen LogP contribution in [0.2, 0.25) is 0 Å². The molecule has 0 unspecified atom stereocenters. The van der Waals surface area contributed by atoms with E-state index in [0.717, 1.165) is 21.4 Å². The van der Waals surface area contributed by atoms with Crippen LogP contribution in [0, 0.1) is 0 Å². The molecule has 3 aromatic rings. The van der Waals surface area contributed by atoms with Gasteiger partial charge < -0.3 is 4.74 Å². The lowest BCUT2D eigenvalue weighted by molar-refractivity contribution is 0.465. The molecule has 0 bridgehead atoms. The number of fused-ring (bicyclic) bond motifs is 1. The monoisotopic (exact) mass is 331 g/mol. The number of hydrogen-bond acceptors (Lipinski definition) is 3. The zero-order valence-corrected chi connectivity index (χ0v) is 12.8. The maximum atomic E-state index is 5.86. The van der Waals surface area contributed by atoms with Crippen molar-refractivity contribution in [2.24, 2.45) is 0 Å². The van der Waals surface area contributed by atoms with Crippen LogP contribution in [0.1, 0.15) is 25.5 Å². The van der Waals surface area contributed by atoms with Gasteiger partial charge >= 0.3 is 0 Å². The second-order valence-corrected chi connectivity index (χ2v) is 5.76. The van der Waals surface area contributed by atoms with Gasteiger partial charge in [-0.1, -0.05) is 35.8 Å². The standard InChI is InChI=1S/C15H14BrN3O/c1-10(2)13-9-14-15(17-6-7-19(14)18-13)20-12-5-3-4-11(16)8-12/h3-10H,1-2H3. The Morgan fingerprint density at radius 1 is 1.25 bits per heavy atom. The van der Waals surface area contributed by atoms with Gasteiger partial charge in [-0.3, -0.25) is 0 Å². The predicted molar refractivity (Wildman–Crippen MR) is 81.3 cm³/mol. The Kier molecular flexibility index (Phi) is 3.44. The molecule has 0 aliphatic carbocycles. The van der Waals surface area contributed by atoms with Crippen molar-refractivity contribution in [2.75, 3.05) is 0 Å². The van der Waals surface area contributed by atoms with E-state index in [0.29, 0.717) is 11.8 Å². The van der Waals surface area contributed by atoms with Crippen molar-refractivity contribution in [3.8, 4) is 11.6 Å². The molecule has 0 saturated heterocycles. The summed E-state index contributed by atoms with van der Waals surface area (Å²) in [7, 11) is 0. The lowest BCUT2D eigenvalue weighted by Gasteiger charge is -2.05. The number of ether oxygens (including phenoxy) is 1. The van der Waals surface area contributed by atoms with Gasteiger partial charge in [-0.2, -0.15) is 5.10 Å². The Labute approximate surface area is 125 Å². The molecule has 3 rings (SSSR count). The molecule has 0 amide bonds. The highest BCUT2D eigenvalue weighted by atomic mass is 79.9. The average Bonchev–Trinajstić information content (AvgIpc) is 2.84. The fourth-order valence-corrected chi connectivity index (χ4v) is 2.30. The highest BCUT2D eigenvalue weighted by Crippen LogP contribution is 2.27. The molecule has 0 fully saturated rings. The minimum absolute atomic E-state index is 0.369. The fraction of sp³-hybridized carbons (Fsp3) is 0.200. The van der Waals surface area contributed by atoms with Crippen LogP contribution in [0.25, 0.3) is 5.52 Å². The van der Waals surface area contributed by atoms with E-state index in [4.69, 9.17) is 4.74 Å². The van der Waals surface area contributed by atoms with Gasteiger partial charge in [0.05, 0.1) is 5.69 Å². The summed E-state index contributed by atoms with van der Waals surface area (Å²) in [6.07, 6.45) is 3.52. The Balaban J connectivity index is 2.03. The molecule has 0 radical (unpaired) electrons. The lowest BCUT2D eigenvalue weighted by Crippen LogP contribution is -1.94. The normalized spacial score (nSPS) is 11.2. The Morgan fingerprint density at radius 2 is 2.10 bits per heavy atom. The second kappa shape index (κ2) is 5.25. The van der Waals surface area contributed by atoms with Crippen molar-refractivity contribution in [1.82, 2.24) is 14.6 Å². The molecule has 0 atom stereocenters. The number of aromatic nitrogens is 3. The van der Waals surface area contributed by atoms with Crippen LogP contribution in [-0.4, -0.2) is 14.6 Å². The quantitative estimate of drug-likeness (QED) is 0.713. The molecule has 0 aliphatic heterocycles. The first kappa shape index (κ1) is 13.1. The summed E-state index contributed by atoms with van der Waals surface area (Å²) in [5.41, 5.74) is 1.90. The van der Waals surface area contributed by atoms with E-state index in [1.165, 1.54) is 0 Å². The molecule has 5 heteroatoms. The number of benzene rings is 1. The molecule has 1 aromatic carbocycles.